The van der Waals surface area contributed by atoms with E-state index in [1.165, 1.54) is 14.2 Å². The Bertz CT molecular complexity index is 791. The Kier molecular flexibility index (Phi) is 6.03. The lowest BCUT2D eigenvalue weighted by molar-refractivity contribution is -0.139. The van der Waals surface area contributed by atoms with Crippen molar-refractivity contribution in [2.24, 2.45) is 0 Å². The molecule has 5 heteroatoms. The van der Waals surface area contributed by atoms with Crippen molar-refractivity contribution in [3.05, 3.63) is 64.7 Å². The smallest absolute Gasteiger partial charge is 0.338 e. The van der Waals surface area contributed by atoms with E-state index in [1.807, 2.05) is 30.3 Å². The molecular formula is C21H24O5. The van der Waals surface area contributed by atoms with E-state index in [2.05, 4.69) is 13.8 Å². The predicted molar refractivity (Wildman–Crippen MR) is 98.6 cm³/mol. The average Bonchev–Trinajstić information content (AvgIpc) is 2.67. The third kappa shape index (κ3) is 4.04. The molecule has 0 fully saturated rings. The van der Waals surface area contributed by atoms with E-state index < -0.39 is 11.9 Å². The van der Waals surface area contributed by atoms with Crippen molar-refractivity contribution in [3.8, 4) is 5.75 Å². The Hall–Kier alpha value is -2.82. The van der Waals surface area contributed by atoms with Crippen molar-refractivity contribution in [3.63, 3.8) is 0 Å². The fourth-order valence-electron chi connectivity index (χ4n) is 2.82. The zero-order chi connectivity index (χ0) is 19.3. The van der Waals surface area contributed by atoms with Crippen LogP contribution in [-0.4, -0.2) is 33.3 Å². The maximum Gasteiger partial charge on any atom is 0.338 e. The Labute approximate surface area is 153 Å². The van der Waals surface area contributed by atoms with Gasteiger partial charge in [-0.15, -0.1) is 0 Å². The molecule has 0 spiro atoms. The molecule has 0 aliphatic heterocycles. The number of benzene rings is 2. The van der Waals surface area contributed by atoms with Gasteiger partial charge in [-0.1, -0.05) is 38.1 Å². The van der Waals surface area contributed by atoms with Gasteiger partial charge in [-0.05, 0) is 34.9 Å². The van der Waals surface area contributed by atoms with E-state index in [0.29, 0.717) is 11.1 Å². The fourth-order valence-corrected chi connectivity index (χ4v) is 2.82. The Balaban J connectivity index is 2.47. The van der Waals surface area contributed by atoms with Gasteiger partial charge in [-0.3, -0.25) is 4.79 Å². The quantitative estimate of drug-likeness (QED) is 0.741. The van der Waals surface area contributed by atoms with Gasteiger partial charge < -0.3 is 14.2 Å². The van der Waals surface area contributed by atoms with Crippen LogP contribution in [0.1, 0.15) is 40.9 Å². The summed E-state index contributed by atoms with van der Waals surface area (Å²) in [4.78, 5) is 23.8. The van der Waals surface area contributed by atoms with E-state index in [4.69, 9.17) is 14.2 Å². The summed E-state index contributed by atoms with van der Waals surface area (Å²) < 4.78 is 14.8. The third-order valence-electron chi connectivity index (χ3n) is 4.61. The van der Waals surface area contributed by atoms with Gasteiger partial charge in [0.25, 0.3) is 0 Å². The molecule has 0 heterocycles. The molecule has 2 rings (SSSR count). The highest BCUT2D eigenvalue weighted by atomic mass is 16.5. The first-order chi connectivity index (χ1) is 12.3. The molecule has 0 saturated heterocycles. The van der Waals surface area contributed by atoms with Crippen molar-refractivity contribution < 1.29 is 23.8 Å². The number of carbonyl (C=O) groups excluding carboxylic acids is 2. The molecule has 26 heavy (non-hydrogen) atoms. The molecule has 0 aliphatic carbocycles. The molecule has 2 aromatic rings. The summed E-state index contributed by atoms with van der Waals surface area (Å²) in [7, 11) is 4.27. The van der Waals surface area contributed by atoms with Gasteiger partial charge in [0.05, 0.1) is 33.3 Å². The van der Waals surface area contributed by atoms with Crippen LogP contribution in [0.2, 0.25) is 0 Å². The monoisotopic (exact) mass is 356 g/mol. The molecule has 2 aromatic carbocycles. The number of hydrogen-bond acceptors (Lipinski definition) is 5. The zero-order valence-corrected chi connectivity index (χ0v) is 15.8. The first-order valence-electron chi connectivity index (χ1n) is 8.26. The van der Waals surface area contributed by atoms with Gasteiger partial charge in [0.2, 0.25) is 0 Å². The molecule has 0 N–H and O–H groups in total. The number of rotatable bonds is 6. The minimum atomic E-state index is -0.476. The van der Waals surface area contributed by atoms with Crippen molar-refractivity contribution >= 4 is 11.9 Å². The maximum absolute atomic E-state index is 12.2. The fraction of sp³-hybridized carbons (Fsp3) is 0.333. The largest absolute Gasteiger partial charge is 0.497 e. The van der Waals surface area contributed by atoms with Crippen LogP contribution in [-0.2, 0) is 26.1 Å². The second-order valence-corrected chi connectivity index (χ2v) is 6.47. The van der Waals surface area contributed by atoms with Gasteiger partial charge in [0, 0.05) is 5.41 Å². The number of ether oxygens (including phenoxy) is 3. The van der Waals surface area contributed by atoms with Crippen LogP contribution >= 0.6 is 0 Å². The van der Waals surface area contributed by atoms with E-state index in [0.717, 1.165) is 16.9 Å². The third-order valence-corrected chi connectivity index (χ3v) is 4.61. The second kappa shape index (κ2) is 8.04. The number of hydrogen-bond donors (Lipinski definition) is 0. The zero-order valence-electron chi connectivity index (χ0n) is 15.8. The Morgan fingerprint density at radius 3 is 2.04 bits per heavy atom. The van der Waals surface area contributed by atoms with Crippen LogP contribution in [0.4, 0.5) is 0 Å². The van der Waals surface area contributed by atoms with Crippen LogP contribution in [0.3, 0.4) is 0 Å². The summed E-state index contributed by atoms with van der Waals surface area (Å²) in [5.41, 5.74) is 2.63. The Morgan fingerprint density at radius 1 is 0.885 bits per heavy atom. The average molecular weight is 356 g/mol. The highest BCUT2D eigenvalue weighted by Gasteiger charge is 2.26. The van der Waals surface area contributed by atoms with Crippen molar-refractivity contribution in [1.82, 2.24) is 0 Å². The molecular weight excluding hydrogens is 332 g/mol. The highest BCUT2D eigenvalue weighted by molar-refractivity contribution is 5.92. The van der Waals surface area contributed by atoms with Crippen molar-refractivity contribution in [2.75, 3.05) is 21.3 Å². The molecule has 0 atom stereocenters. The molecule has 0 amide bonds. The van der Waals surface area contributed by atoms with Crippen LogP contribution in [0, 0.1) is 0 Å². The highest BCUT2D eigenvalue weighted by Crippen LogP contribution is 2.33. The van der Waals surface area contributed by atoms with E-state index in [1.54, 1.807) is 19.2 Å². The number of carbonyl (C=O) groups is 2. The molecule has 0 saturated carbocycles. The number of methoxy groups -OCH3 is 3. The standard InChI is InChI=1S/C21H24O5/c1-21(2,15-8-10-17(24-3)11-9-15)16-7-6-14(12-19(22)25-4)18(13-16)20(23)26-5/h6-11,13H,12H2,1-5H3. The molecule has 138 valence electrons. The molecule has 0 radical (unpaired) electrons. The van der Waals surface area contributed by atoms with Crippen LogP contribution in [0.5, 0.6) is 5.75 Å². The topological polar surface area (TPSA) is 61.8 Å². The van der Waals surface area contributed by atoms with Gasteiger partial charge in [0.15, 0.2) is 0 Å². The molecule has 0 aliphatic rings. The lowest BCUT2D eigenvalue weighted by Crippen LogP contribution is -2.21. The Morgan fingerprint density at radius 2 is 1.50 bits per heavy atom. The van der Waals surface area contributed by atoms with E-state index >= 15 is 0 Å². The lowest BCUT2D eigenvalue weighted by atomic mass is 9.77. The summed E-state index contributed by atoms with van der Waals surface area (Å²) in [6, 6.07) is 13.3. The van der Waals surface area contributed by atoms with Gasteiger partial charge in [-0.2, -0.15) is 0 Å². The first-order valence-corrected chi connectivity index (χ1v) is 8.26. The first kappa shape index (κ1) is 19.5. The van der Waals surface area contributed by atoms with E-state index in [9.17, 15) is 9.59 Å². The van der Waals surface area contributed by atoms with Crippen LogP contribution in [0.15, 0.2) is 42.5 Å². The van der Waals surface area contributed by atoms with Gasteiger partial charge >= 0.3 is 11.9 Å². The summed E-state index contributed by atoms with van der Waals surface area (Å²) >= 11 is 0. The summed E-state index contributed by atoms with van der Waals surface area (Å²) in [5.74, 6) is -0.0955. The van der Waals surface area contributed by atoms with Gasteiger partial charge in [-0.25, -0.2) is 4.79 Å². The van der Waals surface area contributed by atoms with Crippen molar-refractivity contribution in [1.29, 1.82) is 0 Å². The minimum Gasteiger partial charge on any atom is -0.497 e. The van der Waals surface area contributed by atoms with Crippen molar-refractivity contribution in [2.45, 2.75) is 25.7 Å². The lowest BCUT2D eigenvalue weighted by Gasteiger charge is -2.27. The summed E-state index contributed by atoms with van der Waals surface area (Å²) in [6.07, 6.45) is 0.0180. The normalized spacial score (nSPS) is 11.0. The summed E-state index contributed by atoms with van der Waals surface area (Å²) in [6.45, 7) is 4.15. The minimum absolute atomic E-state index is 0.0180. The molecule has 0 aromatic heterocycles. The summed E-state index contributed by atoms with van der Waals surface area (Å²) in [5, 5.41) is 0. The van der Waals surface area contributed by atoms with Crippen LogP contribution in [0.25, 0.3) is 0 Å². The van der Waals surface area contributed by atoms with Crippen LogP contribution < -0.4 is 4.74 Å². The molecule has 0 bridgehead atoms. The van der Waals surface area contributed by atoms with Gasteiger partial charge in [0.1, 0.15) is 5.75 Å². The SMILES string of the molecule is COC(=O)Cc1ccc(C(C)(C)c2ccc(OC)cc2)cc1C(=O)OC. The predicted octanol–water partition coefficient (Wildman–Crippen LogP) is 3.52. The molecule has 0 unspecified atom stereocenters. The molecule has 5 nitrogen and oxygen atoms in total. The maximum atomic E-state index is 12.2. The number of esters is 2. The second-order valence-electron chi connectivity index (χ2n) is 6.47. The van der Waals surface area contributed by atoms with E-state index in [-0.39, 0.29) is 11.8 Å².